The number of carbonyl (C=O) groups is 2. The van der Waals surface area contributed by atoms with Gasteiger partial charge < -0.3 is 10.3 Å². The van der Waals surface area contributed by atoms with Gasteiger partial charge in [-0.05, 0) is 23.1 Å². The van der Waals surface area contributed by atoms with Crippen LogP contribution >= 0.6 is 11.3 Å². The lowest BCUT2D eigenvalue weighted by Gasteiger charge is -2.18. The van der Waals surface area contributed by atoms with Crippen LogP contribution < -0.4 is 11.1 Å². The van der Waals surface area contributed by atoms with E-state index >= 15 is 0 Å². The van der Waals surface area contributed by atoms with Gasteiger partial charge in [0, 0.05) is 17.1 Å². The van der Waals surface area contributed by atoms with E-state index in [0.29, 0.717) is 10.6 Å². The first-order chi connectivity index (χ1) is 12.3. The summed E-state index contributed by atoms with van der Waals surface area (Å²) in [5.41, 5.74) is 7.18. The number of hydrogen-bond acceptors (Lipinski definition) is 6. The quantitative estimate of drug-likeness (QED) is 0.731. The molecule has 3 aromatic rings. The van der Waals surface area contributed by atoms with Crippen molar-refractivity contribution in [3.8, 4) is 10.7 Å². The van der Waals surface area contributed by atoms with Crippen LogP contribution in [0.25, 0.3) is 10.7 Å². The van der Waals surface area contributed by atoms with Crippen LogP contribution in [0, 0.1) is 0 Å². The number of nitrogens with zero attached hydrogens (tertiary/aromatic N) is 2. The van der Waals surface area contributed by atoms with E-state index in [2.05, 4.69) is 36.2 Å². The number of nitrogens with one attached hydrogen (secondary N) is 1. The maximum atomic E-state index is 12.5. The zero-order valence-electron chi connectivity index (χ0n) is 14.6. The van der Waals surface area contributed by atoms with E-state index in [1.54, 1.807) is 23.7 Å². The fraction of sp³-hybridized carbons (Fsp3) is 0.222. The van der Waals surface area contributed by atoms with E-state index in [4.69, 9.17) is 10.3 Å². The minimum Gasteiger partial charge on any atom is -0.365 e. The van der Waals surface area contributed by atoms with Crippen LogP contribution in [0.1, 0.15) is 47.1 Å². The molecule has 0 bridgehead atoms. The molecular formula is C18H18N4O3S. The molecule has 2 amide bonds. The fourth-order valence-electron chi connectivity index (χ4n) is 2.39. The van der Waals surface area contributed by atoms with Crippen molar-refractivity contribution in [3.63, 3.8) is 0 Å². The normalized spacial score (nSPS) is 11.3. The number of anilines is 1. The molecule has 0 spiro atoms. The molecule has 0 aliphatic heterocycles. The number of aromatic nitrogens is 2. The number of carbonyl (C=O) groups excluding carboxylic acids is 2. The molecule has 0 radical (unpaired) electrons. The van der Waals surface area contributed by atoms with Crippen molar-refractivity contribution in [2.45, 2.75) is 26.2 Å². The Balaban J connectivity index is 1.87. The molecule has 0 atom stereocenters. The van der Waals surface area contributed by atoms with Crippen molar-refractivity contribution in [2.75, 3.05) is 5.32 Å². The molecule has 0 aliphatic carbocycles. The average molecular weight is 370 g/mol. The van der Waals surface area contributed by atoms with Crippen LogP contribution in [-0.2, 0) is 5.41 Å². The SMILES string of the molecule is CC(C)(C)c1ccc(C(=O)Nc2onc(-c3nccs3)c2C(N)=O)cc1. The van der Waals surface area contributed by atoms with E-state index in [0.717, 1.165) is 5.56 Å². The van der Waals surface area contributed by atoms with Crippen LogP contribution in [0.2, 0.25) is 0 Å². The lowest BCUT2D eigenvalue weighted by Crippen LogP contribution is -2.18. The van der Waals surface area contributed by atoms with Crippen molar-refractivity contribution < 1.29 is 14.1 Å². The summed E-state index contributed by atoms with van der Waals surface area (Å²) in [6.07, 6.45) is 1.58. The van der Waals surface area contributed by atoms with Crippen LogP contribution in [0.5, 0.6) is 0 Å². The van der Waals surface area contributed by atoms with E-state index in [1.807, 2.05) is 12.1 Å². The number of hydrogen-bond donors (Lipinski definition) is 2. The van der Waals surface area contributed by atoms with Crippen molar-refractivity contribution in [3.05, 3.63) is 52.5 Å². The molecule has 0 fully saturated rings. The average Bonchev–Trinajstić information content (AvgIpc) is 3.23. The minimum absolute atomic E-state index is 0.000360. The highest BCUT2D eigenvalue weighted by atomic mass is 32.1. The molecule has 7 nitrogen and oxygen atoms in total. The Morgan fingerprint density at radius 3 is 2.42 bits per heavy atom. The van der Waals surface area contributed by atoms with Crippen LogP contribution in [0.4, 0.5) is 5.88 Å². The van der Waals surface area contributed by atoms with Gasteiger partial charge in [-0.2, -0.15) is 0 Å². The number of thiazole rings is 1. The van der Waals surface area contributed by atoms with Crippen molar-refractivity contribution in [2.24, 2.45) is 5.73 Å². The number of rotatable bonds is 4. The Labute approximate surface area is 154 Å². The number of benzene rings is 1. The smallest absolute Gasteiger partial charge is 0.258 e. The minimum atomic E-state index is -0.755. The topological polar surface area (TPSA) is 111 Å². The highest BCUT2D eigenvalue weighted by molar-refractivity contribution is 7.13. The molecule has 134 valence electrons. The maximum Gasteiger partial charge on any atom is 0.258 e. The molecule has 8 heteroatoms. The second-order valence-electron chi connectivity index (χ2n) is 6.72. The van der Waals surface area contributed by atoms with Crippen LogP contribution in [0.3, 0.4) is 0 Å². The second kappa shape index (κ2) is 6.72. The molecule has 3 rings (SSSR count). The lowest BCUT2D eigenvalue weighted by molar-refractivity contribution is 0.100. The molecule has 2 aromatic heterocycles. The van der Waals surface area contributed by atoms with Crippen LogP contribution in [0.15, 0.2) is 40.4 Å². The number of amides is 2. The van der Waals surface area contributed by atoms with Crippen molar-refractivity contribution >= 4 is 29.0 Å². The third-order valence-electron chi connectivity index (χ3n) is 3.81. The second-order valence-corrected chi connectivity index (χ2v) is 7.61. The Bertz CT molecular complexity index is 938. The summed E-state index contributed by atoms with van der Waals surface area (Å²) < 4.78 is 5.13. The van der Waals surface area contributed by atoms with Gasteiger partial charge in [0.1, 0.15) is 10.6 Å². The fourth-order valence-corrected chi connectivity index (χ4v) is 3.01. The van der Waals surface area contributed by atoms with Gasteiger partial charge in [0.2, 0.25) is 5.88 Å². The first-order valence-electron chi connectivity index (χ1n) is 7.88. The standard InChI is InChI=1S/C18H18N4O3S/c1-18(2,3)11-6-4-10(5-7-11)15(24)21-16-12(14(19)23)13(22-25-16)17-20-8-9-26-17/h4-9H,1-3H3,(H2,19,23)(H,21,24). The van der Waals surface area contributed by atoms with Gasteiger partial charge in [0.25, 0.3) is 11.8 Å². The van der Waals surface area contributed by atoms with Crippen molar-refractivity contribution in [1.29, 1.82) is 0 Å². The predicted octanol–water partition coefficient (Wildman–Crippen LogP) is 3.45. The van der Waals surface area contributed by atoms with E-state index < -0.39 is 11.8 Å². The number of nitrogens with two attached hydrogens (primary N) is 1. The zero-order valence-corrected chi connectivity index (χ0v) is 15.4. The summed E-state index contributed by atoms with van der Waals surface area (Å²) in [5.74, 6) is -1.27. The molecular weight excluding hydrogens is 352 g/mol. The number of primary amides is 1. The van der Waals surface area contributed by atoms with Gasteiger partial charge >= 0.3 is 0 Å². The summed E-state index contributed by atoms with van der Waals surface area (Å²) in [6, 6.07) is 7.23. The predicted molar refractivity (Wildman–Crippen MR) is 99.2 cm³/mol. The molecule has 1 aromatic carbocycles. The summed E-state index contributed by atoms with van der Waals surface area (Å²) in [4.78, 5) is 28.4. The highest BCUT2D eigenvalue weighted by Crippen LogP contribution is 2.30. The van der Waals surface area contributed by atoms with Gasteiger partial charge in [-0.25, -0.2) is 4.98 Å². The van der Waals surface area contributed by atoms with Gasteiger partial charge in [-0.3, -0.25) is 14.9 Å². The monoisotopic (exact) mass is 370 g/mol. The van der Waals surface area contributed by atoms with Crippen molar-refractivity contribution in [1.82, 2.24) is 10.1 Å². The molecule has 0 saturated heterocycles. The van der Waals surface area contributed by atoms with E-state index in [-0.39, 0.29) is 22.6 Å². The first kappa shape index (κ1) is 17.8. The lowest BCUT2D eigenvalue weighted by atomic mass is 9.87. The van der Waals surface area contributed by atoms with E-state index in [1.165, 1.54) is 11.3 Å². The zero-order chi connectivity index (χ0) is 18.9. The third kappa shape index (κ3) is 3.50. The summed E-state index contributed by atoms with van der Waals surface area (Å²) >= 11 is 1.29. The van der Waals surface area contributed by atoms with Crippen LogP contribution in [-0.4, -0.2) is 22.0 Å². The molecule has 3 N–H and O–H groups in total. The van der Waals surface area contributed by atoms with Gasteiger partial charge in [-0.1, -0.05) is 38.1 Å². The van der Waals surface area contributed by atoms with E-state index in [9.17, 15) is 9.59 Å². The molecule has 2 heterocycles. The molecule has 26 heavy (non-hydrogen) atoms. The van der Waals surface area contributed by atoms with Gasteiger partial charge in [0.05, 0.1) is 0 Å². The Hall–Kier alpha value is -3.00. The van der Waals surface area contributed by atoms with Gasteiger partial charge in [-0.15, -0.1) is 11.3 Å². The summed E-state index contributed by atoms with van der Waals surface area (Å²) in [5, 5.41) is 8.61. The third-order valence-corrected chi connectivity index (χ3v) is 4.59. The Morgan fingerprint density at radius 1 is 1.19 bits per heavy atom. The summed E-state index contributed by atoms with van der Waals surface area (Å²) in [7, 11) is 0. The molecule has 0 saturated carbocycles. The Kier molecular flexibility index (Phi) is 4.60. The molecule has 0 aliphatic rings. The largest absolute Gasteiger partial charge is 0.365 e. The summed E-state index contributed by atoms with van der Waals surface area (Å²) in [6.45, 7) is 6.28. The van der Waals surface area contributed by atoms with Gasteiger partial charge in [0.15, 0.2) is 5.69 Å². The highest BCUT2D eigenvalue weighted by Gasteiger charge is 2.25. The first-order valence-corrected chi connectivity index (χ1v) is 8.76. The Morgan fingerprint density at radius 2 is 1.88 bits per heavy atom. The molecule has 0 unspecified atom stereocenters. The maximum absolute atomic E-state index is 12.5.